The summed E-state index contributed by atoms with van der Waals surface area (Å²) in [6, 6.07) is 21.9. The van der Waals surface area contributed by atoms with Gasteiger partial charge in [0.2, 0.25) is 0 Å². The fourth-order valence-corrected chi connectivity index (χ4v) is 7.71. The van der Waals surface area contributed by atoms with Crippen LogP contribution < -0.4 is 31.3 Å². The molecule has 3 aromatic carbocycles. The van der Waals surface area contributed by atoms with Gasteiger partial charge >= 0.3 is 12.4 Å². The van der Waals surface area contributed by atoms with Crippen LogP contribution in [-0.4, -0.2) is 85.6 Å². The SMILES string of the molecule is COc1ccccc1Nc1cc(NCCC(F)(F)F)c2ncc(-c3ccc(C(=O)NC4CC4)c(C)c3)n2n1.Cc1cc(-c2cnc3c(NCCC(F)(F)F)cc(Br)nn23)ccc1C(=O)NC1CC1. The third-order valence-corrected chi connectivity index (χ3v) is 11.5. The number of methoxy groups -OCH3 is 1. The number of aromatic nitrogens is 6. The molecule has 9 rings (SSSR count). The van der Waals surface area contributed by atoms with Gasteiger partial charge < -0.3 is 31.3 Å². The zero-order valence-corrected chi connectivity index (χ0v) is 38.5. The molecule has 14 nitrogen and oxygen atoms in total. The summed E-state index contributed by atoms with van der Waals surface area (Å²) in [5, 5.41) is 23.9. The van der Waals surface area contributed by atoms with Gasteiger partial charge in [-0.2, -0.15) is 31.4 Å². The highest BCUT2D eigenvalue weighted by atomic mass is 79.9. The van der Waals surface area contributed by atoms with Crippen molar-refractivity contribution in [1.29, 1.82) is 0 Å². The number of alkyl halides is 6. The van der Waals surface area contributed by atoms with Crippen molar-refractivity contribution < 1.29 is 40.7 Å². The van der Waals surface area contributed by atoms with E-state index in [0.717, 1.165) is 47.9 Å². The number of anilines is 4. The largest absolute Gasteiger partial charge is 0.495 e. The molecule has 0 saturated heterocycles. The Labute approximate surface area is 394 Å². The molecule has 2 amide bonds. The number of imidazole rings is 2. The Morgan fingerprint density at radius 1 is 0.676 bits per heavy atom. The molecule has 0 radical (unpaired) electrons. The quantitative estimate of drug-likeness (QED) is 0.0625. The number of nitrogens with zero attached hydrogens (tertiary/aromatic N) is 6. The molecule has 2 aliphatic carbocycles. The smallest absolute Gasteiger partial charge is 0.390 e. The van der Waals surface area contributed by atoms with E-state index in [1.807, 2.05) is 56.3 Å². The molecular formula is C47H46BrF6N11O3. The van der Waals surface area contributed by atoms with Crippen LogP contribution in [0, 0.1) is 13.8 Å². The van der Waals surface area contributed by atoms with Crippen LogP contribution in [0.25, 0.3) is 33.8 Å². The molecule has 0 spiro atoms. The molecule has 2 fully saturated rings. The number of amides is 2. The summed E-state index contributed by atoms with van der Waals surface area (Å²) in [6.45, 7) is 3.15. The Morgan fingerprint density at radius 2 is 1.16 bits per heavy atom. The lowest BCUT2D eigenvalue weighted by molar-refractivity contribution is -0.132. The number of ether oxygens (including phenoxy) is 1. The van der Waals surface area contributed by atoms with E-state index < -0.39 is 25.2 Å². The lowest BCUT2D eigenvalue weighted by atomic mass is 10.0. The molecule has 7 aromatic rings. The van der Waals surface area contributed by atoms with E-state index in [4.69, 9.17) is 4.74 Å². The van der Waals surface area contributed by atoms with E-state index in [9.17, 15) is 35.9 Å². The van der Waals surface area contributed by atoms with Crippen LogP contribution in [0.15, 0.2) is 89.8 Å². The standard InChI is InChI=1S/C27H27F3N6O2.C20H19BrF3N5O/c1-16-13-17(7-10-19(16)26(37)33-18-8-9-18)22-15-32-25-21(31-12-11-27(28,29)30)14-24(35-36(22)25)34-20-5-3-4-6-23(20)38-2;1-11-8-12(2-5-14(11)19(30)27-13-3-4-13)16-10-26-18-15(9-17(21)28-29(16)18)25-7-6-20(22,23)24/h3-7,10,13-15,18,31H,8-9,11-12H2,1-2H3,(H,33,37)(H,34,35);2,5,8-10,13,25H,3-4,6-7H2,1H3,(H,27,30). The molecule has 356 valence electrons. The molecule has 21 heteroatoms. The molecule has 4 heterocycles. The van der Waals surface area contributed by atoms with Crippen molar-refractivity contribution in [3.63, 3.8) is 0 Å². The molecule has 2 aliphatic rings. The summed E-state index contributed by atoms with van der Waals surface area (Å²) in [4.78, 5) is 33.7. The number of rotatable bonds is 15. The number of hydrogen-bond acceptors (Lipinski definition) is 10. The van der Waals surface area contributed by atoms with Gasteiger partial charge in [-0.05, 0) is 109 Å². The third kappa shape index (κ3) is 11.8. The first-order valence-electron chi connectivity index (χ1n) is 21.7. The topological polar surface area (TPSA) is 164 Å². The Morgan fingerprint density at radius 3 is 1.63 bits per heavy atom. The maximum absolute atomic E-state index is 12.8. The minimum absolute atomic E-state index is 0.0864. The van der Waals surface area contributed by atoms with Crippen LogP contribution in [0.5, 0.6) is 5.75 Å². The van der Waals surface area contributed by atoms with Gasteiger partial charge in [0.25, 0.3) is 11.8 Å². The second-order valence-electron chi connectivity index (χ2n) is 16.5. The maximum Gasteiger partial charge on any atom is 0.390 e. The summed E-state index contributed by atoms with van der Waals surface area (Å²) < 4.78 is 84.9. The summed E-state index contributed by atoms with van der Waals surface area (Å²) in [6.07, 6.45) is -3.20. The van der Waals surface area contributed by atoms with Crippen LogP contribution >= 0.6 is 15.9 Å². The van der Waals surface area contributed by atoms with E-state index in [1.165, 1.54) is 0 Å². The monoisotopic (exact) mass is 1010 g/mol. The first kappa shape index (κ1) is 47.6. The highest BCUT2D eigenvalue weighted by Crippen LogP contribution is 2.33. The van der Waals surface area contributed by atoms with E-state index >= 15 is 0 Å². The third-order valence-electron chi connectivity index (χ3n) is 11.1. The van der Waals surface area contributed by atoms with Gasteiger partial charge in [0.1, 0.15) is 10.4 Å². The van der Waals surface area contributed by atoms with Crippen molar-refractivity contribution in [2.45, 2.75) is 76.8 Å². The van der Waals surface area contributed by atoms with Crippen LogP contribution in [0.2, 0.25) is 0 Å². The second kappa shape index (κ2) is 19.7. The Bertz CT molecular complexity index is 2980. The van der Waals surface area contributed by atoms with Crippen molar-refractivity contribution in [3.05, 3.63) is 112 Å². The summed E-state index contributed by atoms with van der Waals surface area (Å²) in [5.41, 5.74) is 7.96. The normalized spacial score (nSPS) is 13.7. The Kier molecular flexibility index (Phi) is 13.8. The summed E-state index contributed by atoms with van der Waals surface area (Å²) in [5.74, 6) is 0.777. The number of nitrogens with one attached hydrogen (secondary N) is 5. The molecular weight excluding hydrogens is 960 g/mol. The highest BCUT2D eigenvalue weighted by Gasteiger charge is 2.29. The van der Waals surface area contributed by atoms with Crippen molar-refractivity contribution in [1.82, 2.24) is 39.8 Å². The fraction of sp³-hybridized carbons (Fsp3) is 0.319. The van der Waals surface area contributed by atoms with Crippen molar-refractivity contribution in [3.8, 4) is 28.3 Å². The molecule has 68 heavy (non-hydrogen) atoms. The van der Waals surface area contributed by atoms with Crippen molar-refractivity contribution in [2.75, 3.05) is 36.1 Å². The molecule has 4 aromatic heterocycles. The average molecular weight is 1010 g/mol. The number of benzene rings is 3. The predicted octanol–water partition coefficient (Wildman–Crippen LogP) is 10.4. The minimum atomic E-state index is -4.29. The van der Waals surface area contributed by atoms with Crippen LogP contribution in [0.3, 0.4) is 0 Å². The first-order valence-corrected chi connectivity index (χ1v) is 22.5. The molecule has 2 saturated carbocycles. The number of halogens is 7. The van der Waals surface area contributed by atoms with Crippen molar-refractivity contribution in [2.24, 2.45) is 0 Å². The van der Waals surface area contributed by atoms with Gasteiger partial charge in [-0.3, -0.25) is 9.59 Å². The van der Waals surface area contributed by atoms with Gasteiger partial charge in [0.15, 0.2) is 17.1 Å². The zero-order valence-electron chi connectivity index (χ0n) is 36.9. The highest BCUT2D eigenvalue weighted by molar-refractivity contribution is 9.10. The van der Waals surface area contributed by atoms with Crippen molar-refractivity contribution >= 4 is 61.9 Å². The molecule has 5 N–H and O–H groups in total. The molecule has 0 atom stereocenters. The first-order chi connectivity index (χ1) is 32.4. The van der Waals surface area contributed by atoms with Gasteiger partial charge in [-0.15, -0.1) is 5.10 Å². The second-order valence-corrected chi connectivity index (χ2v) is 17.4. The summed E-state index contributed by atoms with van der Waals surface area (Å²) >= 11 is 3.31. The minimum Gasteiger partial charge on any atom is -0.495 e. The molecule has 0 bridgehead atoms. The lowest BCUT2D eigenvalue weighted by Gasteiger charge is -2.14. The predicted molar refractivity (Wildman–Crippen MR) is 250 cm³/mol. The van der Waals surface area contributed by atoms with Gasteiger partial charge in [-0.1, -0.05) is 24.3 Å². The van der Waals surface area contributed by atoms with E-state index in [1.54, 1.807) is 58.9 Å². The zero-order chi connectivity index (χ0) is 48.3. The fourth-order valence-electron chi connectivity index (χ4n) is 7.32. The summed E-state index contributed by atoms with van der Waals surface area (Å²) in [7, 11) is 1.55. The Hall–Kier alpha value is -6.90. The molecule has 0 aliphatic heterocycles. The van der Waals surface area contributed by atoms with Gasteiger partial charge in [0, 0.05) is 53.5 Å². The number of para-hydroxylation sites is 2. The van der Waals surface area contributed by atoms with Crippen LogP contribution in [0.4, 0.5) is 49.2 Å². The lowest BCUT2D eigenvalue weighted by Crippen LogP contribution is -2.26. The number of carbonyl (C=O) groups is 2. The van der Waals surface area contributed by atoms with Gasteiger partial charge in [0.05, 0.1) is 60.8 Å². The Balaban J connectivity index is 0.000000189. The van der Waals surface area contributed by atoms with Gasteiger partial charge in [-0.25, -0.2) is 19.0 Å². The maximum atomic E-state index is 12.8. The van der Waals surface area contributed by atoms with Crippen LogP contribution in [0.1, 0.15) is 70.4 Å². The van der Waals surface area contributed by atoms with E-state index in [0.29, 0.717) is 67.0 Å². The number of aryl methyl sites for hydroxylation is 2. The van der Waals surface area contributed by atoms with E-state index in [2.05, 4.69) is 62.7 Å². The number of carbonyl (C=O) groups excluding carboxylic acids is 2. The van der Waals surface area contributed by atoms with E-state index in [-0.39, 0.29) is 37.0 Å². The molecule has 0 unspecified atom stereocenters. The number of hydrogen-bond donors (Lipinski definition) is 5. The van der Waals surface area contributed by atoms with Crippen LogP contribution in [-0.2, 0) is 0 Å². The number of fused-ring (bicyclic) bond motifs is 2. The average Bonchev–Trinajstić information content (AvgIpc) is 4.19.